The maximum absolute atomic E-state index is 13.4. The Hall–Kier alpha value is -1.00. The Morgan fingerprint density at radius 3 is 2.62 bits per heavy atom. The zero-order valence-electron chi connectivity index (χ0n) is 9.59. The van der Waals surface area contributed by atoms with Gasteiger partial charge in [0, 0.05) is 25.3 Å². The van der Waals surface area contributed by atoms with Crippen LogP contribution in [0, 0.1) is 11.6 Å². The largest absolute Gasteiger partial charge is 0.385 e. The summed E-state index contributed by atoms with van der Waals surface area (Å²) in [6.45, 7) is 2.35. The van der Waals surface area contributed by atoms with Crippen molar-refractivity contribution in [3.8, 4) is 0 Å². The Bertz CT molecular complexity index is 353. The third kappa shape index (κ3) is 3.87. The monoisotopic (exact) mass is 229 g/mol. The summed E-state index contributed by atoms with van der Waals surface area (Å²) in [5, 5.41) is 0. The second-order valence-electron chi connectivity index (χ2n) is 4.31. The minimum atomic E-state index is -0.572. The summed E-state index contributed by atoms with van der Waals surface area (Å²) in [4.78, 5) is 0. The molecule has 1 aromatic rings. The molecule has 4 heteroatoms. The van der Waals surface area contributed by atoms with Crippen LogP contribution in [-0.2, 0) is 11.2 Å². The van der Waals surface area contributed by atoms with Crippen LogP contribution in [-0.4, -0.2) is 19.3 Å². The van der Waals surface area contributed by atoms with Gasteiger partial charge in [-0.25, -0.2) is 8.78 Å². The van der Waals surface area contributed by atoms with Crippen molar-refractivity contribution in [2.24, 2.45) is 5.73 Å². The number of benzene rings is 1. The highest BCUT2D eigenvalue weighted by atomic mass is 19.1. The van der Waals surface area contributed by atoms with Crippen LogP contribution in [0.3, 0.4) is 0 Å². The van der Waals surface area contributed by atoms with Crippen molar-refractivity contribution in [1.29, 1.82) is 0 Å². The van der Waals surface area contributed by atoms with Gasteiger partial charge >= 0.3 is 0 Å². The molecule has 0 bridgehead atoms. The highest BCUT2D eigenvalue weighted by Crippen LogP contribution is 2.18. The maximum atomic E-state index is 13.4. The summed E-state index contributed by atoms with van der Waals surface area (Å²) >= 11 is 0. The summed E-state index contributed by atoms with van der Waals surface area (Å²) in [5.41, 5.74) is 5.89. The summed E-state index contributed by atoms with van der Waals surface area (Å²) in [5.74, 6) is -1.12. The molecule has 90 valence electrons. The minimum Gasteiger partial charge on any atom is -0.385 e. The zero-order valence-corrected chi connectivity index (χ0v) is 9.59. The first-order chi connectivity index (χ1) is 7.44. The van der Waals surface area contributed by atoms with E-state index in [1.54, 1.807) is 7.11 Å². The van der Waals surface area contributed by atoms with Crippen molar-refractivity contribution < 1.29 is 13.5 Å². The third-order valence-corrected chi connectivity index (χ3v) is 2.49. The number of ether oxygens (including phenoxy) is 1. The van der Waals surface area contributed by atoms with Crippen LogP contribution in [0.5, 0.6) is 0 Å². The van der Waals surface area contributed by atoms with E-state index in [2.05, 4.69) is 0 Å². The Morgan fingerprint density at radius 1 is 1.38 bits per heavy atom. The Morgan fingerprint density at radius 2 is 2.06 bits per heavy atom. The lowest BCUT2D eigenvalue weighted by Crippen LogP contribution is -2.39. The number of halogens is 2. The first-order valence-electron chi connectivity index (χ1n) is 5.16. The van der Waals surface area contributed by atoms with Crippen molar-refractivity contribution in [3.63, 3.8) is 0 Å². The first kappa shape index (κ1) is 13.1. The molecule has 0 saturated heterocycles. The molecule has 0 radical (unpaired) electrons. The van der Waals surface area contributed by atoms with E-state index < -0.39 is 17.2 Å². The Labute approximate surface area is 94.4 Å². The molecule has 0 spiro atoms. The summed E-state index contributed by atoms with van der Waals surface area (Å²) in [7, 11) is 1.59. The molecule has 2 nitrogen and oxygen atoms in total. The standard InChI is InChI=1S/C12H17F2NO/c1-12(15,5-6-16-2)8-9-3-4-10(13)7-11(9)14/h3-4,7H,5-6,8,15H2,1-2H3. The van der Waals surface area contributed by atoms with Crippen LogP contribution < -0.4 is 5.73 Å². The average molecular weight is 229 g/mol. The van der Waals surface area contributed by atoms with Gasteiger partial charge in [-0.15, -0.1) is 0 Å². The molecule has 0 aliphatic heterocycles. The fraction of sp³-hybridized carbons (Fsp3) is 0.500. The lowest BCUT2D eigenvalue weighted by molar-refractivity contribution is 0.171. The van der Waals surface area contributed by atoms with E-state index in [4.69, 9.17) is 10.5 Å². The minimum absolute atomic E-state index is 0.364. The van der Waals surface area contributed by atoms with Gasteiger partial charge in [-0.2, -0.15) is 0 Å². The van der Waals surface area contributed by atoms with Gasteiger partial charge in [-0.3, -0.25) is 0 Å². The zero-order chi connectivity index (χ0) is 12.2. The maximum Gasteiger partial charge on any atom is 0.129 e. The van der Waals surface area contributed by atoms with Crippen molar-refractivity contribution in [2.75, 3.05) is 13.7 Å². The molecular formula is C12H17F2NO. The number of hydrogen-bond donors (Lipinski definition) is 1. The quantitative estimate of drug-likeness (QED) is 0.840. The number of methoxy groups -OCH3 is 1. The topological polar surface area (TPSA) is 35.2 Å². The van der Waals surface area contributed by atoms with Gasteiger partial charge in [-0.1, -0.05) is 6.07 Å². The molecule has 1 atom stereocenters. The smallest absolute Gasteiger partial charge is 0.129 e. The van der Waals surface area contributed by atoms with Gasteiger partial charge in [0.2, 0.25) is 0 Å². The van der Waals surface area contributed by atoms with E-state index in [9.17, 15) is 8.78 Å². The van der Waals surface area contributed by atoms with Crippen LogP contribution in [0.2, 0.25) is 0 Å². The van der Waals surface area contributed by atoms with E-state index in [1.165, 1.54) is 12.1 Å². The molecule has 0 aliphatic rings. The fourth-order valence-electron chi connectivity index (χ4n) is 1.52. The SMILES string of the molecule is COCCC(C)(N)Cc1ccc(F)cc1F. The number of rotatable bonds is 5. The van der Waals surface area contributed by atoms with Crippen molar-refractivity contribution in [2.45, 2.75) is 25.3 Å². The average Bonchev–Trinajstić information content (AvgIpc) is 2.19. The molecule has 1 unspecified atom stereocenters. The predicted molar refractivity (Wildman–Crippen MR) is 59.1 cm³/mol. The highest BCUT2D eigenvalue weighted by Gasteiger charge is 2.20. The molecule has 0 heterocycles. The first-order valence-corrected chi connectivity index (χ1v) is 5.16. The Balaban J connectivity index is 2.71. The van der Waals surface area contributed by atoms with Gasteiger partial charge < -0.3 is 10.5 Å². The Kier molecular flexibility index (Phi) is 4.38. The molecule has 1 rings (SSSR count). The highest BCUT2D eigenvalue weighted by molar-refractivity contribution is 5.20. The van der Waals surface area contributed by atoms with Gasteiger partial charge in [0.25, 0.3) is 0 Å². The van der Waals surface area contributed by atoms with Crippen molar-refractivity contribution in [3.05, 3.63) is 35.4 Å². The molecule has 16 heavy (non-hydrogen) atoms. The van der Waals surface area contributed by atoms with Crippen LogP contribution in [0.25, 0.3) is 0 Å². The molecule has 2 N–H and O–H groups in total. The van der Waals surface area contributed by atoms with Crippen LogP contribution in [0.15, 0.2) is 18.2 Å². The molecule has 0 amide bonds. The predicted octanol–water partition coefficient (Wildman–Crippen LogP) is 2.26. The summed E-state index contributed by atoms with van der Waals surface area (Å²) < 4.78 is 31.0. The summed E-state index contributed by atoms with van der Waals surface area (Å²) in [6, 6.07) is 3.55. The summed E-state index contributed by atoms with van der Waals surface area (Å²) in [6.07, 6.45) is 0.989. The number of hydrogen-bond acceptors (Lipinski definition) is 2. The number of nitrogens with two attached hydrogens (primary N) is 1. The van der Waals surface area contributed by atoms with Gasteiger partial charge in [-0.05, 0) is 31.4 Å². The van der Waals surface area contributed by atoms with Crippen molar-refractivity contribution in [1.82, 2.24) is 0 Å². The molecule has 0 aliphatic carbocycles. The second kappa shape index (κ2) is 5.37. The van der Waals surface area contributed by atoms with Gasteiger partial charge in [0.1, 0.15) is 11.6 Å². The van der Waals surface area contributed by atoms with Gasteiger partial charge in [0.05, 0.1) is 0 Å². The normalized spacial score (nSPS) is 14.8. The van der Waals surface area contributed by atoms with Crippen LogP contribution in [0.4, 0.5) is 8.78 Å². The van der Waals surface area contributed by atoms with Crippen LogP contribution >= 0.6 is 0 Å². The molecule has 0 fully saturated rings. The second-order valence-corrected chi connectivity index (χ2v) is 4.31. The molecular weight excluding hydrogens is 212 g/mol. The molecule has 1 aromatic carbocycles. The van der Waals surface area contributed by atoms with Crippen LogP contribution in [0.1, 0.15) is 18.9 Å². The van der Waals surface area contributed by atoms with Crippen molar-refractivity contribution >= 4 is 0 Å². The molecule has 0 saturated carbocycles. The van der Waals surface area contributed by atoms with E-state index in [0.717, 1.165) is 6.07 Å². The van der Waals surface area contributed by atoms with E-state index in [1.807, 2.05) is 6.92 Å². The lowest BCUT2D eigenvalue weighted by atomic mass is 9.91. The lowest BCUT2D eigenvalue weighted by Gasteiger charge is -2.24. The van der Waals surface area contributed by atoms with E-state index >= 15 is 0 Å². The van der Waals surface area contributed by atoms with Gasteiger partial charge in [0.15, 0.2) is 0 Å². The third-order valence-electron chi connectivity index (χ3n) is 2.49. The van der Waals surface area contributed by atoms with E-state index in [-0.39, 0.29) is 0 Å². The fourth-order valence-corrected chi connectivity index (χ4v) is 1.52. The van der Waals surface area contributed by atoms with E-state index in [0.29, 0.717) is 25.0 Å². The molecule has 0 aromatic heterocycles.